The number of rotatable bonds is 5. The third kappa shape index (κ3) is 3.91. The number of hydrogen-bond acceptors (Lipinski definition) is 10. The lowest BCUT2D eigenvalue weighted by Gasteiger charge is -2.36. The van der Waals surface area contributed by atoms with Crippen LogP contribution in [0.15, 0.2) is 71.2 Å². The SMILES string of the molecule is COC(=O)C1=C(C(=O)OC)N(c2cccc(O)c2C(=O)OC)C(N)=C(C#N)C1c1ccccc1. The summed E-state index contributed by atoms with van der Waals surface area (Å²) in [6, 6.07) is 14.5. The minimum absolute atomic E-state index is 0.0848. The Morgan fingerprint density at radius 3 is 2.12 bits per heavy atom. The lowest BCUT2D eigenvalue weighted by molar-refractivity contribution is -0.139. The molecule has 0 aliphatic carbocycles. The first kappa shape index (κ1) is 23.9. The van der Waals surface area contributed by atoms with E-state index in [2.05, 4.69) is 0 Å². The van der Waals surface area contributed by atoms with Gasteiger partial charge in [-0.3, -0.25) is 4.90 Å². The number of methoxy groups -OCH3 is 3. The van der Waals surface area contributed by atoms with Crippen molar-refractivity contribution in [2.24, 2.45) is 5.73 Å². The van der Waals surface area contributed by atoms with E-state index in [0.717, 1.165) is 26.2 Å². The lowest BCUT2D eigenvalue weighted by Crippen LogP contribution is -2.41. The zero-order valence-corrected chi connectivity index (χ0v) is 18.6. The van der Waals surface area contributed by atoms with Crippen molar-refractivity contribution in [3.63, 3.8) is 0 Å². The molecule has 1 aliphatic heterocycles. The Kier molecular flexibility index (Phi) is 6.87. The maximum atomic E-state index is 13.1. The molecule has 3 N–H and O–H groups in total. The van der Waals surface area contributed by atoms with Gasteiger partial charge in [-0.05, 0) is 17.7 Å². The second kappa shape index (κ2) is 9.79. The maximum absolute atomic E-state index is 13.1. The molecule has 3 rings (SSSR count). The van der Waals surface area contributed by atoms with Crippen molar-refractivity contribution >= 4 is 23.6 Å². The Morgan fingerprint density at radius 1 is 0.941 bits per heavy atom. The highest BCUT2D eigenvalue weighted by Gasteiger charge is 2.44. The quantitative estimate of drug-likeness (QED) is 0.498. The number of phenols is 1. The first-order chi connectivity index (χ1) is 16.3. The molecule has 0 radical (unpaired) electrons. The van der Waals surface area contributed by atoms with Crippen LogP contribution < -0.4 is 10.6 Å². The Hall–Kier alpha value is -4.78. The lowest BCUT2D eigenvalue weighted by atomic mass is 9.80. The molecule has 0 saturated heterocycles. The van der Waals surface area contributed by atoms with Gasteiger partial charge < -0.3 is 25.1 Å². The van der Waals surface area contributed by atoms with E-state index in [0.29, 0.717) is 5.56 Å². The second-order valence-corrected chi connectivity index (χ2v) is 7.00. The fourth-order valence-corrected chi connectivity index (χ4v) is 3.79. The standard InChI is InChI=1S/C24H21N3O7/c1-32-22(29)18-15(10-7-11-16(18)28)27-20(24(31)34-3)19(23(30)33-2)17(14(12-25)21(27)26)13-8-5-4-6-9-13/h4-11,17,28H,26H2,1-3H3. The highest BCUT2D eigenvalue weighted by molar-refractivity contribution is 6.08. The average Bonchev–Trinajstić information content (AvgIpc) is 2.86. The highest BCUT2D eigenvalue weighted by Crippen LogP contribution is 2.44. The van der Waals surface area contributed by atoms with E-state index in [1.54, 1.807) is 30.3 Å². The number of nitriles is 1. The summed E-state index contributed by atoms with van der Waals surface area (Å²) >= 11 is 0. The number of hydrogen-bond donors (Lipinski definition) is 2. The topological polar surface area (TPSA) is 152 Å². The Labute approximate surface area is 195 Å². The summed E-state index contributed by atoms with van der Waals surface area (Å²) in [6.45, 7) is 0. The van der Waals surface area contributed by atoms with E-state index < -0.39 is 29.6 Å². The first-order valence-electron chi connectivity index (χ1n) is 9.88. The molecule has 10 heteroatoms. The summed E-state index contributed by atoms with van der Waals surface area (Å²) in [6.07, 6.45) is 0. The van der Waals surface area contributed by atoms with Crippen LogP contribution in [-0.4, -0.2) is 44.3 Å². The van der Waals surface area contributed by atoms with Gasteiger partial charge in [-0.2, -0.15) is 5.26 Å². The molecule has 34 heavy (non-hydrogen) atoms. The minimum Gasteiger partial charge on any atom is -0.507 e. The van der Waals surface area contributed by atoms with Crippen molar-refractivity contribution in [2.75, 3.05) is 26.2 Å². The molecule has 0 fully saturated rings. The minimum atomic E-state index is -1.07. The van der Waals surface area contributed by atoms with Gasteiger partial charge in [0.15, 0.2) is 0 Å². The molecule has 0 amide bonds. The number of nitrogens with zero attached hydrogens (tertiary/aromatic N) is 2. The second-order valence-electron chi connectivity index (χ2n) is 7.00. The molecule has 0 bridgehead atoms. The van der Waals surface area contributed by atoms with Crippen molar-refractivity contribution in [1.82, 2.24) is 0 Å². The average molecular weight is 463 g/mol. The molecule has 1 unspecified atom stereocenters. The van der Waals surface area contributed by atoms with Crippen LogP contribution in [0.5, 0.6) is 5.75 Å². The number of nitrogens with two attached hydrogens (primary N) is 1. The van der Waals surface area contributed by atoms with Crippen LogP contribution in [0.4, 0.5) is 5.69 Å². The van der Waals surface area contributed by atoms with E-state index in [-0.39, 0.29) is 33.9 Å². The number of ether oxygens (including phenoxy) is 3. The third-order valence-corrected chi connectivity index (χ3v) is 5.26. The summed E-state index contributed by atoms with van der Waals surface area (Å²) in [4.78, 5) is 39.6. The van der Waals surface area contributed by atoms with Crippen LogP contribution in [0, 0.1) is 11.3 Å². The number of esters is 3. The van der Waals surface area contributed by atoms with Gasteiger partial charge in [-0.25, -0.2) is 14.4 Å². The first-order valence-corrected chi connectivity index (χ1v) is 9.88. The predicted octanol–water partition coefficient (Wildman–Crippen LogP) is 2.08. The highest BCUT2D eigenvalue weighted by atomic mass is 16.5. The molecule has 2 aromatic carbocycles. The summed E-state index contributed by atoms with van der Waals surface area (Å²) in [5.41, 5.74) is 5.75. The normalized spacial score (nSPS) is 15.5. The van der Waals surface area contributed by atoms with Gasteiger partial charge in [0.25, 0.3) is 0 Å². The number of phenolic OH excluding ortho intramolecular Hbond substituents is 1. The number of allylic oxidation sites excluding steroid dienone is 1. The number of benzene rings is 2. The summed E-state index contributed by atoms with van der Waals surface area (Å²) in [7, 11) is 3.33. The fraction of sp³-hybridized carbons (Fsp3) is 0.167. The van der Waals surface area contributed by atoms with Crippen LogP contribution in [0.25, 0.3) is 0 Å². The number of aromatic hydroxyl groups is 1. The van der Waals surface area contributed by atoms with Gasteiger partial charge in [0.1, 0.15) is 22.8 Å². The van der Waals surface area contributed by atoms with Gasteiger partial charge in [-0.15, -0.1) is 0 Å². The van der Waals surface area contributed by atoms with Crippen LogP contribution in [0.2, 0.25) is 0 Å². The van der Waals surface area contributed by atoms with E-state index in [4.69, 9.17) is 19.9 Å². The number of anilines is 1. The van der Waals surface area contributed by atoms with Gasteiger partial charge in [-0.1, -0.05) is 36.4 Å². The molecule has 0 spiro atoms. The van der Waals surface area contributed by atoms with Crippen LogP contribution in [0.1, 0.15) is 21.8 Å². The van der Waals surface area contributed by atoms with Crippen molar-refractivity contribution in [3.05, 3.63) is 82.3 Å². The van der Waals surface area contributed by atoms with E-state index in [9.17, 15) is 24.8 Å². The molecule has 2 aromatic rings. The summed E-state index contributed by atoms with van der Waals surface area (Å²) < 4.78 is 14.7. The van der Waals surface area contributed by atoms with E-state index in [1.807, 2.05) is 6.07 Å². The largest absolute Gasteiger partial charge is 0.507 e. The molecule has 174 valence electrons. The maximum Gasteiger partial charge on any atom is 0.355 e. The van der Waals surface area contributed by atoms with Gasteiger partial charge in [0, 0.05) is 0 Å². The molecule has 0 aromatic heterocycles. The van der Waals surface area contributed by atoms with Crippen molar-refractivity contribution in [2.45, 2.75) is 5.92 Å². The molecule has 10 nitrogen and oxygen atoms in total. The molecular formula is C24H21N3O7. The summed E-state index contributed by atoms with van der Waals surface area (Å²) in [5.74, 6) is -4.62. The smallest absolute Gasteiger partial charge is 0.355 e. The Morgan fingerprint density at radius 2 is 1.56 bits per heavy atom. The number of carbonyl (C=O) groups is 3. The van der Waals surface area contributed by atoms with Crippen LogP contribution in [-0.2, 0) is 23.8 Å². The Balaban J connectivity index is 2.49. The van der Waals surface area contributed by atoms with E-state index in [1.165, 1.54) is 18.2 Å². The Bertz CT molecular complexity index is 1260. The fourth-order valence-electron chi connectivity index (χ4n) is 3.79. The monoisotopic (exact) mass is 463 g/mol. The van der Waals surface area contributed by atoms with Crippen LogP contribution >= 0.6 is 0 Å². The molecule has 0 saturated carbocycles. The van der Waals surface area contributed by atoms with Crippen LogP contribution in [0.3, 0.4) is 0 Å². The van der Waals surface area contributed by atoms with Gasteiger partial charge in [0.2, 0.25) is 0 Å². The summed E-state index contributed by atoms with van der Waals surface area (Å²) in [5, 5.41) is 20.4. The molecule has 1 atom stereocenters. The van der Waals surface area contributed by atoms with Gasteiger partial charge in [0.05, 0.1) is 50.2 Å². The number of carbonyl (C=O) groups excluding carboxylic acids is 3. The van der Waals surface area contributed by atoms with Crippen molar-refractivity contribution in [1.29, 1.82) is 5.26 Å². The molecule has 1 heterocycles. The zero-order valence-electron chi connectivity index (χ0n) is 18.6. The van der Waals surface area contributed by atoms with Crippen molar-refractivity contribution in [3.8, 4) is 11.8 Å². The zero-order chi connectivity index (χ0) is 25.0. The molecule has 1 aliphatic rings. The third-order valence-electron chi connectivity index (χ3n) is 5.26. The van der Waals surface area contributed by atoms with E-state index >= 15 is 0 Å². The predicted molar refractivity (Wildman–Crippen MR) is 119 cm³/mol. The van der Waals surface area contributed by atoms with Gasteiger partial charge >= 0.3 is 17.9 Å². The van der Waals surface area contributed by atoms with Crippen molar-refractivity contribution < 1.29 is 33.7 Å². The molecular weight excluding hydrogens is 442 g/mol.